The highest BCUT2D eigenvalue weighted by Gasteiger charge is 2.30. The second-order valence-electron chi connectivity index (χ2n) is 11.4. The number of hydrogen-bond acceptors (Lipinski definition) is 7. The molecule has 3 heterocycles. The maximum atomic E-state index is 13.7. The number of nitrogens with one attached hydrogen (secondary N) is 2. The summed E-state index contributed by atoms with van der Waals surface area (Å²) >= 11 is 0. The van der Waals surface area contributed by atoms with Gasteiger partial charge in [-0.2, -0.15) is 13.2 Å². The summed E-state index contributed by atoms with van der Waals surface area (Å²) in [5, 5.41) is 7.25. The Morgan fingerprint density at radius 3 is 2.49 bits per heavy atom. The van der Waals surface area contributed by atoms with E-state index in [1.54, 1.807) is 18.2 Å². The number of aromatic nitrogens is 1. The molecule has 45 heavy (non-hydrogen) atoms. The first kappa shape index (κ1) is 32.9. The van der Waals surface area contributed by atoms with Gasteiger partial charge < -0.3 is 29.6 Å². The van der Waals surface area contributed by atoms with Crippen molar-refractivity contribution in [2.75, 3.05) is 63.0 Å². The van der Waals surface area contributed by atoms with Gasteiger partial charge in [0.15, 0.2) is 9.84 Å². The number of piperidine rings is 1. The van der Waals surface area contributed by atoms with Crippen LogP contribution in [0.1, 0.15) is 31.4 Å². The molecule has 5 rings (SSSR count). The number of anilines is 2. The van der Waals surface area contributed by atoms with E-state index in [2.05, 4.69) is 27.4 Å². The number of alkyl halides is 4. The second-order valence-corrected chi connectivity index (χ2v) is 13.4. The van der Waals surface area contributed by atoms with E-state index in [1.165, 1.54) is 22.8 Å². The van der Waals surface area contributed by atoms with Crippen LogP contribution in [0, 0.1) is 11.8 Å². The molecule has 1 aromatic heterocycles. The SMILES string of the molecule is CS(=O)(=O)c1ccc(NCC#Cc2cc3c(NC4CCN(C5CCOCC5)CC4)cccc3n2CC(F)(F)F)c(OCCF)c1. The molecule has 0 spiro atoms. The van der Waals surface area contributed by atoms with Crippen molar-refractivity contribution in [2.24, 2.45) is 0 Å². The Balaban J connectivity index is 1.33. The summed E-state index contributed by atoms with van der Waals surface area (Å²) < 4.78 is 89.7. The van der Waals surface area contributed by atoms with Crippen molar-refractivity contribution in [3.63, 3.8) is 0 Å². The number of fused-ring (bicyclic) bond motifs is 1. The normalized spacial score (nSPS) is 17.2. The monoisotopic (exact) mass is 650 g/mol. The summed E-state index contributed by atoms with van der Waals surface area (Å²) in [6, 6.07) is 11.9. The highest BCUT2D eigenvalue weighted by atomic mass is 32.2. The number of rotatable bonds is 10. The lowest BCUT2D eigenvalue weighted by molar-refractivity contribution is -0.140. The fraction of sp³-hybridized carbons (Fsp3) is 0.500. The van der Waals surface area contributed by atoms with Gasteiger partial charge >= 0.3 is 6.18 Å². The first-order chi connectivity index (χ1) is 21.5. The van der Waals surface area contributed by atoms with Crippen LogP contribution in [-0.2, 0) is 21.1 Å². The van der Waals surface area contributed by atoms with Crippen LogP contribution in [0.5, 0.6) is 5.75 Å². The van der Waals surface area contributed by atoms with Crippen molar-refractivity contribution in [1.29, 1.82) is 0 Å². The largest absolute Gasteiger partial charge is 0.489 e. The molecule has 8 nitrogen and oxygen atoms in total. The van der Waals surface area contributed by atoms with E-state index in [0.717, 1.165) is 63.9 Å². The highest BCUT2D eigenvalue weighted by Crippen LogP contribution is 2.32. The minimum absolute atomic E-state index is 0.0129. The fourth-order valence-electron chi connectivity index (χ4n) is 5.96. The zero-order valence-electron chi connectivity index (χ0n) is 25.1. The van der Waals surface area contributed by atoms with Crippen LogP contribution < -0.4 is 15.4 Å². The van der Waals surface area contributed by atoms with E-state index in [0.29, 0.717) is 22.6 Å². The van der Waals surface area contributed by atoms with E-state index in [4.69, 9.17) is 9.47 Å². The lowest BCUT2D eigenvalue weighted by Gasteiger charge is -2.39. The van der Waals surface area contributed by atoms with Crippen molar-refractivity contribution >= 4 is 32.1 Å². The fourth-order valence-corrected chi connectivity index (χ4v) is 6.60. The number of hydrogen-bond donors (Lipinski definition) is 2. The zero-order valence-corrected chi connectivity index (χ0v) is 25.9. The van der Waals surface area contributed by atoms with Gasteiger partial charge in [0.2, 0.25) is 0 Å². The maximum Gasteiger partial charge on any atom is 0.406 e. The molecule has 0 aliphatic carbocycles. The Labute approximate surface area is 261 Å². The summed E-state index contributed by atoms with van der Waals surface area (Å²) in [6.45, 7) is 1.34. The van der Waals surface area contributed by atoms with E-state index < -0.39 is 29.2 Å². The summed E-state index contributed by atoms with van der Waals surface area (Å²) in [7, 11) is -3.52. The summed E-state index contributed by atoms with van der Waals surface area (Å²) in [6.07, 6.45) is 0.581. The third-order valence-electron chi connectivity index (χ3n) is 8.18. The van der Waals surface area contributed by atoms with Crippen molar-refractivity contribution in [1.82, 2.24) is 9.47 Å². The number of benzene rings is 2. The molecular weight excluding hydrogens is 612 g/mol. The van der Waals surface area contributed by atoms with Crippen LogP contribution in [0.15, 0.2) is 47.4 Å². The van der Waals surface area contributed by atoms with Crippen molar-refractivity contribution in [3.05, 3.63) is 48.2 Å². The van der Waals surface area contributed by atoms with Gasteiger partial charge in [-0.25, -0.2) is 12.8 Å². The molecule has 3 aromatic rings. The maximum absolute atomic E-state index is 13.7. The minimum atomic E-state index is -4.45. The molecule has 0 radical (unpaired) electrons. The van der Waals surface area contributed by atoms with Gasteiger partial charge in [0.1, 0.15) is 25.6 Å². The number of halogens is 4. The summed E-state index contributed by atoms with van der Waals surface area (Å²) in [5.41, 5.74) is 1.82. The number of nitrogens with zero attached hydrogens (tertiary/aromatic N) is 2. The molecule has 2 saturated heterocycles. The number of likely N-dealkylation sites (tertiary alicyclic amines) is 1. The molecule has 0 unspecified atom stereocenters. The first-order valence-electron chi connectivity index (χ1n) is 15.0. The highest BCUT2D eigenvalue weighted by molar-refractivity contribution is 7.90. The Bertz CT molecular complexity index is 1630. The molecular formula is C32H38F4N4O4S. The molecule has 0 saturated carbocycles. The molecule has 0 amide bonds. The smallest absolute Gasteiger partial charge is 0.406 e. The minimum Gasteiger partial charge on any atom is -0.489 e. The summed E-state index contributed by atoms with van der Waals surface area (Å²) in [4.78, 5) is 2.54. The van der Waals surface area contributed by atoms with E-state index in [1.807, 2.05) is 6.07 Å². The third-order valence-corrected chi connectivity index (χ3v) is 9.29. The Kier molecular flexibility index (Phi) is 10.5. The van der Waals surface area contributed by atoms with Gasteiger partial charge in [0, 0.05) is 61.8 Å². The summed E-state index contributed by atoms with van der Waals surface area (Å²) in [5.74, 6) is 5.88. The standard InChI is InChI=1S/C32H38F4N4O4S/c1-45(41,42)26-7-8-29(31(21-26)44-19-13-33)37-14-3-4-25-20-27-28(5-2-6-30(27)40(25)22-32(34,35)36)38-23-9-15-39(16-10-23)24-11-17-43-18-12-24/h2,5-8,20-21,23-24,37-38H,9-19,22H2,1H3. The molecule has 2 N–H and O–H groups in total. The van der Waals surface area contributed by atoms with Gasteiger partial charge in [-0.15, -0.1) is 0 Å². The average molecular weight is 651 g/mol. The van der Waals surface area contributed by atoms with E-state index in [-0.39, 0.29) is 35.5 Å². The first-order valence-corrected chi connectivity index (χ1v) is 16.9. The third kappa shape index (κ3) is 8.62. The van der Waals surface area contributed by atoms with Crippen molar-refractivity contribution < 1.29 is 35.5 Å². The van der Waals surface area contributed by atoms with Crippen LogP contribution in [-0.4, -0.2) is 88.5 Å². The van der Waals surface area contributed by atoms with Crippen molar-refractivity contribution in [3.8, 4) is 17.6 Å². The zero-order chi connectivity index (χ0) is 32.0. The van der Waals surface area contributed by atoms with Crippen LogP contribution in [0.25, 0.3) is 10.9 Å². The van der Waals surface area contributed by atoms with Gasteiger partial charge in [-0.05, 0) is 61.9 Å². The van der Waals surface area contributed by atoms with Crippen LogP contribution in [0.4, 0.5) is 28.9 Å². The van der Waals surface area contributed by atoms with Gasteiger partial charge in [-0.3, -0.25) is 0 Å². The van der Waals surface area contributed by atoms with E-state index >= 15 is 0 Å². The predicted octanol–water partition coefficient (Wildman–Crippen LogP) is 5.47. The second kappa shape index (κ2) is 14.3. The predicted molar refractivity (Wildman–Crippen MR) is 166 cm³/mol. The Morgan fingerprint density at radius 2 is 1.80 bits per heavy atom. The lowest BCUT2D eigenvalue weighted by atomic mass is 9.99. The average Bonchev–Trinajstić information content (AvgIpc) is 3.35. The molecule has 0 bridgehead atoms. The quantitative estimate of drug-likeness (QED) is 0.222. The molecule has 13 heteroatoms. The lowest BCUT2D eigenvalue weighted by Crippen LogP contribution is -2.46. The Morgan fingerprint density at radius 1 is 1.04 bits per heavy atom. The van der Waals surface area contributed by atoms with Gasteiger partial charge in [0.05, 0.1) is 28.3 Å². The Hall–Kier alpha value is -3.47. The molecule has 2 aliphatic rings. The molecule has 244 valence electrons. The van der Waals surface area contributed by atoms with Crippen LogP contribution in [0.2, 0.25) is 0 Å². The topological polar surface area (TPSA) is 84.8 Å². The molecule has 2 aliphatic heterocycles. The van der Waals surface area contributed by atoms with Crippen LogP contribution in [0.3, 0.4) is 0 Å². The number of ether oxygens (including phenoxy) is 2. The van der Waals surface area contributed by atoms with Crippen LogP contribution >= 0.6 is 0 Å². The molecule has 2 aromatic carbocycles. The van der Waals surface area contributed by atoms with Crippen molar-refractivity contribution in [2.45, 2.75) is 55.4 Å². The number of sulfone groups is 1. The molecule has 0 atom stereocenters. The van der Waals surface area contributed by atoms with Gasteiger partial charge in [0.25, 0.3) is 0 Å². The molecule has 2 fully saturated rings. The van der Waals surface area contributed by atoms with E-state index in [9.17, 15) is 26.0 Å². The van der Waals surface area contributed by atoms with Gasteiger partial charge in [-0.1, -0.05) is 12.0 Å².